The van der Waals surface area contributed by atoms with Crippen LogP contribution in [0.2, 0.25) is 0 Å². The Morgan fingerprint density at radius 3 is 2.59 bits per heavy atom. The molecule has 114 valence electrons. The maximum atomic E-state index is 13.1. The lowest BCUT2D eigenvalue weighted by molar-refractivity contribution is -0.137. The molecule has 6 heteroatoms. The third-order valence-electron chi connectivity index (χ3n) is 3.80. The van der Waals surface area contributed by atoms with E-state index in [2.05, 4.69) is 4.99 Å². The summed E-state index contributed by atoms with van der Waals surface area (Å²) in [6.07, 6.45) is -1.25. The van der Waals surface area contributed by atoms with Crippen molar-refractivity contribution in [2.45, 2.75) is 19.6 Å². The summed E-state index contributed by atoms with van der Waals surface area (Å²) in [5.41, 5.74) is 2.06. The number of hydrogen-bond donors (Lipinski definition) is 0. The second-order valence-corrected chi connectivity index (χ2v) is 5.38. The SMILES string of the molecule is Cc1cc(=O)n(C)cc1-c1cc(C(F)(F)F)cc2c1C=NC2. The van der Waals surface area contributed by atoms with Gasteiger partial charge in [-0.15, -0.1) is 0 Å². The number of hydrogen-bond acceptors (Lipinski definition) is 2. The molecule has 0 bridgehead atoms. The van der Waals surface area contributed by atoms with Crippen molar-refractivity contribution in [3.05, 3.63) is 57.0 Å². The van der Waals surface area contributed by atoms with E-state index >= 15 is 0 Å². The number of pyridine rings is 1. The van der Waals surface area contributed by atoms with Gasteiger partial charge in [0.25, 0.3) is 5.56 Å². The molecular weight excluding hydrogens is 293 g/mol. The molecule has 1 aliphatic heterocycles. The number of fused-ring (bicyclic) bond motifs is 1. The maximum absolute atomic E-state index is 13.1. The van der Waals surface area contributed by atoms with Gasteiger partial charge in [0.05, 0.1) is 12.1 Å². The lowest BCUT2D eigenvalue weighted by atomic mass is 9.93. The van der Waals surface area contributed by atoms with Crippen molar-refractivity contribution >= 4 is 6.21 Å². The third-order valence-corrected chi connectivity index (χ3v) is 3.80. The van der Waals surface area contributed by atoms with Crippen LogP contribution in [0.4, 0.5) is 13.2 Å². The Morgan fingerprint density at radius 2 is 1.91 bits per heavy atom. The van der Waals surface area contributed by atoms with E-state index in [0.29, 0.717) is 27.8 Å². The van der Waals surface area contributed by atoms with Crippen molar-refractivity contribution in [2.75, 3.05) is 0 Å². The molecule has 3 nitrogen and oxygen atoms in total. The van der Waals surface area contributed by atoms with Crippen LogP contribution in [0.1, 0.15) is 22.3 Å². The van der Waals surface area contributed by atoms with Crippen molar-refractivity contribution < 1.29 is 13.2 Å². The molecule has 3 rings (SSSR count). The molecule has 0 N–H and O–H groups in total. The summed E-state index contributed by atoms with van der Waals surface area (Å²) in [7, 11) is 1.58. The first kappa shape index (κ1) is 14.6. The predicted octanol–water partition coefficient (Wildman–Crippen LogP) is 3.31. The minimum Gasteiger partial charge on any atom is -0.318 e. The van der Waals surface area contributed by atoms with Crippen LogP contribution in [0.3, 0.4) is 0 Å². The van der Waals surface area contributed by atoms with E-state index in [9.17, 15) is 18.0 Å². The van der Waals surface area contributed by atoms with Crippen LogP contribution < -0.4 is 5.56 Å². The van der Waals surface area contributed by atoms with E-state index in [-0.39, 0.29) is 12.1 Å². The molecule has 2 heterocycles. The molecule has 2 aromatic rings. The molecule has 0 saturated heterocycles. The average molecular weight is 306 g/mol. The first-order chi connectivity index (χ1) is 10.3. The van der Waals surface area contributed by atoms with Gasteiger partial charge in [0.2, 0.25) is 0 Å². The molecule has 1 aromatic carbocycles. The fourth-order valence-electron chi connectivity index (χ4n) is 2.62. The van der Waals surface area contributed by atoms with Gasteiger partial charge >= 0.3 is 6.18 Å². The van der Waals surface area contributed by atoms with E-state index in [0.717, 1.165) is 12.1 Å². The van der Waals surface area contributed by atoms with Crippen LogP contribution in [0, 0.1) is 6.92 Å². The highest BCUT2D eigenvalue weighted by atomic mass is 19.4. The zero-order valence-corrected chi connectivity index (χ0v) is 12.0. The first-order valence-electron chi connectivity index (χ1n) is 6.69. The van der Waals surface area contributed by atoms with Gasteiger partial charge in [-0.1, -0.05) is 0 Å². The molecule has 0 aliphatic carbocycles. The smallest absolute Gasteiger partial charge is 0.318 e. The molecule has 0 spiro atoms. The lowest BCUT2D eigenvalue weighted by Gasteiger charge is -2.15. The van der Waals surface area contributed by atoms with E-state index in [1.54, 1.807) is 26.4 Å². The quantitative estimate of drug-likeness (QED) is 0.796. The Kier molecular flexibility index (Phi) is 3.20. The highest BCUT2D eigenvalue weighted by molar-refractivity contribution is 5.94. The molecule has 0 amide bonds. The van der Waals surface area contributed by atoms with Crippen LogP contribution in [0.15, 0.2) is 34.2 Å². The highest BCUT2D eigenvalue weighted by Crippen LogP contribution is 2.37. The molecule has 0 radical (unpaired) electrons. The van der Waals surface area contributed by atoms with Crippen molar-refractivity contribution in [1.29, 1.82) is 0 Å². The fraction of sp³-hybridized carbons (Fsp3) is 0.250. The van der Waals surface area contributed by atoms with Crippen molar-refractivity contribution in [3.63, 3.8) is 0 Å². The Bertz CT molecular complexity index is 848. The number of aliphatic imine (C=N–C) groups is 1. The van der Waals surface area contributed by atoms with Crippen LogP contribution in [-0.4, -0.2) is 10.8 Å². The van der Waals surface area contributed by atoms with Crippen LogP contribution in [0.25, 0.3) is 11.1 Å². The van der Waals surface area contributed by atoms with Gasteiger partial charge in [0, 0.05) is 36.7 Å². The number of rotatable bonds is 1. The maximum Gasteiger partial charge on any atom is 0.416 e. The van der Waals surface area contributed by atoms with Crippen LogP contribution in [-0.2, 0) is 19.8 Å². The monoisotopic (exact) mass is 306 g/mol. The van der Waals surface area contributed by atoms with Crippen molar-refractivity contribution in [2.24, 2.45) is 12.0 Å². The summed E-state index contributed by atoms with van der Waals surface area (Å²) < 4.78 is 40.7. The highest BCUT2D eigenvalue weighted by Gasteiger charge is 2.32. The molecule has 0 unspecified atom stereocenters. The second-order valence-electron chi connectivity index (χ2n) is 5.38. The fourth-order valence-corrected chi connectivity index (χ4v) is 2.62. The normalized spacial score (nSPS) is 13.5. The molecule has 1 aliphatic rings. The van der Waals surface area contributed by atoms with Crippen LogP contribution >= 0.6 is 0 Å². The summed E-state index contributed by atoms with van der Waals surface area (Å²) >= 11 is 0. The zero-order chi connectivity index (χ0) is 16.1. The number of alkyl halides is 3. The van der Waals surface area contributed by atoms with Crippen molar-refractivity contribution in [3.8, 4) is 11.1 Å². The number of halogens is 3. The minimum absolute atomic E-state index is 0.196. The van der Waals surface area contributed by atoms with E-state index in [4.69, 9.17) is 0 Å². The summed E-state index contributed by atoms with van der Waals surface area (Å²) in [6, 6.07) is 3.69. The van der Waals surface area contributed by atoms with Gasteiger partial charge in [-0.05, 0) is 35.7 Å². The third kappa shape index (κ3) is 2.34. The first-order valence-corrected chi connectivity index (χ1v) is 6.69. The van der Waals surface area contributed by atoms with Gasteiger partial charge in [-0.2, -0.15) is 13.2 Å². The molecule has 0 atom stereocenters. The van der Waals surface area contributed by atoms with Gasteiger partial charge in [0.1, 0.15) is 0 Å². The number of nitrogens with zero attached hydrogens (tertiary/aromatic N) is 2. The second kappa shape index (κ2) is 4.83. The van der Waals surface area contributed by atoms with E-state index < -0.39 is 11.7 Å². The van der Waals surface area contributed by atoms with Crippen molar-refractivity contribution in [1.82, 2.24) is 4.57 Å². The zero-order valence-electron chi connectivity index (χ0n) is 12.0. The van der Waals surface area contributed by atoms with E-state index in [1.807, 2.05) is 0 Å². The number of benzene rings is 1. The Morgan fingerprint density at radius 1 is 1.18 bits per heavy atom. The van der Waals surface area contributed by atoms with Crippen LogP contribution in [0.5, 0.6) is 0 Å². The molecule has 0 saturated carbocycles. The molecule has 22 heavy (non-hydrogen) atoms. The topological polar surface area (TPSA) is 34.4 Å². The molecule has 0 fully saturated rings. The van der Waals surface area contributed by atoms with E-state index in [1.165, 1.54) is 10.6 Å². The summed E-state index contributed by atoms with van der Waals surface area (Å²) in [5, 5.41) is 0. The largest absolute Gasteiger partial charge is 0.416 e. The summed E-state index contributed by atoms with van der Waals surface area (Å²) in [6.45, 7) is 1.96. The number of aryl methyl sites for hydroxylation is 2. The minimum atomic E-state index is -4.42. The van der Waals surface area contributed by atoms with Gasteiger partial charge in [-0.3, -0.25) is 9.79 Å². The average Bonchev–Trinajstić information content (AvgIpc) is 2.89. The standard InChI is InChI=1S/C16H13F3N2O/c1-9-3-15(22)21(2)8-14(9)12-5-11(16(17,18)19)4-10-6-20-7-13(10)12/h3-5,7-8H,6H2,1-2H3. The predicted molar refractivity (Wildman–Crippen MR) is 78.2 cm³/mol. The summed E-state index contributed by atoms with van der Waals surface area (Å²) in [5.74, 6) is 0. The van der Waals surface area contributed by atoms with Gasteiger partial charge < -0.3 is 4.57 Å². The lowest BCUT2D eigenvalue weighted by Crippen LogP contribution is -2.16. The molecular formula is C16H13F3N2O. The van der Waals surface area contributed by atoms with Gasteiger partial charge in [0.15, 0.2) is 0 Å². The van der Waals surface area contributed by atoms with Gasteiger partial charge in [-0.25, -0.2) is 0 Å². The Hall–Kier alpha value is -2.37. The Balaban J connectivity index is 2.31. The number of aromatic nitrogens is 1. The summed E-state index contributed by atoms with van der Waals surface area (Å²) in [4.78, 5) is 15.7. The molecule has 1 aromatic heterocycles. The Labute approximate surface area is 124 Å².